The van der Waals surface area contributed by atoms with Gasteiger partial charge in [0, 0.05) is 22.6 Å². The molecule has 0 bridgehead atoms. The number of rotatable bonds is 6. The molecular weight excluding hydrogens is 360 g/mol. The first-order valence-electron chi connectivity index (χ1n) is 8.13. The summed E-state index contributed by atoms with van der Waals surface area (Å²) < 4.78 is 16.1. The first kappa shape index (κ1) is 18.5. The smallest absolute Gasteiger partial charge is 0.164 e. The highest BCUT2D eigenvalue weighted by Gasteiger charge is 2.14. The van der Waals surface area contributed by atoms with Crippen molar-refractivity contribution in [1.82, 2.24) is 4.98 Å². The van der Waals surface area contributed by atoms with E-state index in [1.165, 1.54) is 11.3 Å². The average molecular weight is 378 g/mol. The molecule has 0 spiro atoms. The van der Waals surface area contributed by atoms with Crippen molar-refractivity contribution < 1.29 is 14.2 Å². The summed E-state index contributed by atoms with van der Waals surface area (Å²) in [6.07, 6.45) is 1.74. The maximum absolute atomic E-state index is 9.66. The molecule has 5 nitrogen and oxygen atoms in total. The third-order valence-electron chi connectivity index (χ3n) is 3.96. The number of allylic oxidation sites excluding steroid dienone is 1. The van der Waals surface area contributed by atoms with Gasteiger partial charge in [-0.3, -0.25) is 0 Å². The van der Waals surface area contributed by atoms with Gasteiger partial charge in [0.15, 0.2) is 11.5 Å². The second-order valence-electron chi connectivity index (χ2n) is 5.52. The minimum absolute atomic E-state index is 0.452. The van der Waals surface area contributed by atoms with Gasteiger partial charge in [-0.05, 0) is 12.1 Å². The zero-order valence-corrected chi connectivity index (χ0v) is 16.0. The SMILES string of the molecule is COc1cc(OC)c(OC)cc1/C=C(\C#N)c1nc(-c2ccccc2)cs1. The first-order chi connectivity index (χ1) is 13.2. The molecule has 0 saturated heterocycles. The van der Waals surface area contributed by atoms with Gasteiger partial charge in [-0.1, -0.05) is 30.3 Å². The molecule has 0 aliphatic heterocycles. The number of ether oxygens (including phenoxy) is 3. The summed E-state index contributed by atoms with van der Waals surface area (Å²) >= 11 is 1.43. The minimum Gasteiger partial charge on any atom is -0.496 e. The summed E-state index contributed by atoms with van der Waals surface area (Å²) in [4.78, 5) is 4.61. The van der Waals surface area contributed by atoms with Crippen molar-refractivity contribution in [2.75, 3.05) is 21.3 Å². The molecule has 0 atom stereocenters. The third-order valence-corrected chi connectivity index (χ3v) is 4.84. The Balaban J connectivity index is 2.03. The number of aromatic nitrogens is 1. The fraction of sp³-hybridized carbons (Fsp3) is 0.143. The Morgan fingerprint density at radius 1 is 1.00 bits per heavy atom. The summed E-state index contributed by atoms with van der Waals surface area (Å²) in [7, 11) is 4.70. The van der Waals surface area contributed by atoms with Crippen LogP contribution in [0.15, 0.2) is 47.8 Å². The van der Waals surface area contributed by atoms with Crippen LogP contribution in [-0.2, 0) is 0 Å². The second-order valence-corrected chi connectivity index (χ2v) is 6.38. The van der Waals surface area contributed by atoms with Gasteiger partial charge in [0.1, 0.15) is 16.8 Å². The molecule has 0 fully saturated rings. The highest BCUT2D eigenvalue weighted by Crippen LogP contribution is 2.37. The Kier molecular flexibility index (Phi) is 5.74. The third kappa shape index (κ3) is 3.94. The van der Waals surface area contributed by atoms with Gasteiger partial charge in [0.05, 0.1) is 32.6 Å². The van der Waals surface area contributed by atoms with Crippen LogP contribution >= 0.6 is 11.3 Å². The molecule has 0 N–H and O–H groups in total. The van der Waals surface area contributed by atoms with E-state index in [2.05, 4.69) is 11.1 Å². The fourth-order valence-electron chi connectivity index (χ4n) is 2.60. The topological polar surface area (TPSA) is 64.4 Å². The van der Waals surface area contributed by atoms with E-state index in [4.69, 9.17) is 14.2 Å². The number of thiazole rings is 1. The lowest BCUT2D eigenvalue weighted by atomic mass is 10.1. The lowest BCUT2D eigenvalue weighted by molar-refractivity contribution is 0.348. The zero-order valence-electron chi connectivity index (χ0n) is 15.2. The van der Waals surface area contributed by atoms with Gasteiger partial charge < -0.3 is 14.2 Å². The molecule has 0 radical (unpaired) electrons. The predicted molar refractivity (Wildman–Crippen MR) is 107 cm³/mol. The Hall–Kier alpha value is -3.30. The number of hydrogen-bond acceptors (Lipinski definition) is 6. The molecule has 1 heterocycles. The molecule has 0 aliphatic carbocycles. The van der Waals surface area contributed by atoms with Crippen LogP contribution in [0.3, 0.4) is 0 Å². The van der Waals surface area contributed by atoms with Gasteiger partial charge in [-0.2, -0.15) is 5.26 Å². The molecule has 3 aromatic rings. The van der Waals surface area contributed by atoms with E-state index in [9.17, 15) is 5.26 Å². The van der Waals surface area contributed by atoms with Gasteiger partial charge in [-0.15, -0.1) is 11.3 Å². The van der Waals surface area contributed by atoms with Crippen LogP contribution in [0, 0.1) is 11.3 Å². The van der Waals surface area contributed by atoms with E-state index < -0.39 is 0 Å². The maximum Gasteiger partial charge on any atom is 0.164 e. The zero-order chi connectivity index (χ0) is 19.2. The lowest BCUT2D eigenvalue weighted by Gasteiger charge is -2.12. The van der Waals surface area contributed by atoms with E-state index in [1.54, 1.807) is 39.5 Å². The summed E-state index contributed by atoms with van der Waals surface area (Å²) in [5.41, 5.74) is 3.02. The van der Waals surface area contributed by atoms with Crippen molar-refractivity contribution in [2.45, 2.75) is 0 Å². The van der Waals surface area contributed by atoms with Crippen LogP contribution in [0.4, 0.5) is 0 Å². The van der Waals surface area contributed by atoms with Crippen LogP contribution in [-0.4, -0.2) is 26.3 Å². The van der Waals surface area contributed by atoms with Gasteiger partial charge in [-0.25, -0.2) is 4.98 Å². The molecule has 0 unspecified atom stereocenters. The van der Waals surface area contributed by atoms with Crippen molar-refractivity contribution in [3.63, 3.8) is 0 Å². The van der Waals surface area contributed by atoms with E-state index in [0.717, 1.165) is 11.3 Å². The Morgan fingerprint density at radius 3 is 2.30 bits per heavy atom. The number of nitrogens with zero attached hydrogens (tertiary/aromatic N) is 2. The predicted octanol–water partition coefficient (Wildman–Crippen LogP) is 4.90. The molecule has 6 heteroatoms. The van der Waals surface area contributed by atoms with Gasteiger partial charge in [0.25, 0.3) is 0 Å². The molecule has 27 heavy (non-hydrogen) atoms. The van der Waals surface area contributed by atoms with Gasteiger partial charge >= 0.3 is 0 Å². The molecule has 0 aliphatic rings. The molecule has 136 valence electrons. The number of methoxy groups -OCH3 is 3. The van der Waals surface area contributed by atoms with Crippen LogP contribution in [0.1, 0.15) is 10.6 Å². The van der Waals surface area contributed by atoms with E-state index >= 15 is 0 Å². The molecule has 0 saturated carbocycles. The number of hydrogen-bond donors (Lipinski definition) is 0. The summed E-state index contributed by atoms with van der Waals surface area (Å²) in [6.45, 7) is 0. The summed E-state index contributed by atoms with van der Waals surface area (Å²) in [5.74, 6) is 1.71. The van der Waals surface area contributed by atoms with Crippen LogP contribution in [0.2, 0.25) is 0 Å². The number of benzene rings is 2. The Bertz CT molecular complexity index is 1000. The monoisotopic (exact) mass is 378 g/mol. The van der Waals surface area contributed by atoms with Gasteiger partial charge in [0.2, 0.25) is 0 Å². The molecule has 3 rings (SSSR count). The molecule has 1 aromatic heterocycles. The quantitative estimate of drug-likeness (QED) is 0.571. The summed E-state index contributed by atoms with van der Waals surface area (Å²) in [5, 5.41) is 12.3. The summed E-state index contributed by atoms with van der Waals surface area (Å²) in [6, 6.07) is 15.6. The van der Waals surface area contributed by atoms with Crippen LogP contribution in [0.5, 0.6) is 17.2 Å². The Labute approximate surface area is 162 Å². The highest BCUT2D eigenvalue weighted by atomic mass is 32.1. The van der Waals surface area contributed by atoms with E-state index in [1.807, 2.05) is 35.7 Å². The van der Waals surface area contributed by atoms with Crippen LogP contribution in [0.25, 0.3) is 22.9 Å². The second kappa shape index (κ2) is 8.39. The minimum atomic E-state index is 0.452. The normalized spacial score (nSPS) is 11.0. The van der Waals surface area contributed by atoms with Crippen molar-refractivity contribution in [2.24, 2.45) is 0 Å². The highest BCUT2D eigenvalue weighted by molar-refractivity contribution is 7.11. The average Bonchev–Trinajstić information content (AvgIpc) is 3.22. The van der Waals surface area contributed by atoms with Crippen molar-refractivity contribution >= 4 is 23.0 Å². The fourth-order valence-corrected chi connectivity index (χ4v) is 3.40. The molecule has 2 aromatic carbocycles. The van der Waals surface area contributed by atoms with Crippen molar-refractivity contribution in [3.8, 4) is 34.6 Å². The molecular formula is C21H18N2O3S. The first-order valence-corrected chi connectivity index (χ1v) is 9.01. The van der Waals surface area contributed by atoms with Crippen molar-refractivity contribution in [3.05, 3.63) is 58.4 Å². The number of nitriles is 1. The van der Waals surface area contributed by atoms with E-state index in [-0.39, 0.29) is 0 Å². The maximum atomic E-state index is 9.66. The Morgan fingerprint density at radius 2 is 1.67 bits per heavy atom. The van der Waals surface area contributed by atoms with Crippen molar-refractivity contribution in [1.29, 1.82) is 5.26 Å². The lowest BCUT2D eigenvalue weighted by Crippen LogP contribution is -1.95. The van der Waals surface area contributed by atoms with E-state index in [0.29, 0.717) is 33.4 Å². The van der Waals surface area contributed by atoms with Crippen LogP contribution < -0.4 is 14.2 Å². The standard InChI is InChI=1S/C21H18N2O3S/c1-24-18-11-20(26-3)19(25-2)10-15(18)9-16(12-22)21-23-17(13-27-21)14-7-5-4-6-8-14/h4-11,13H,1-3H3/b16-9+. The molecule has 0 amide bonds. The largest absolute Gasteiger partial charge is 0.496 e.